The minimum Gasteiger partial charge on any atom is -0.487 e. The summed E-state index contributed by atoms with van der Waals surface area (Å²) in [6, 6.07) is 12.3. The van der Waals surface area contributed by atoms with Crippen LogP contribution in [-0.2, 0) is 19.6 Å². The van der Waals surface area contributed by atoms with Gasteiger partial charge in [-0.1, -0.05) is 6.07 Å². The molecule has 8 heteroatoms. The fourth-order valence-corrected chi connectivity index (χ4v) is 5.03. The van der Waals surface area contributed by atoms with Gasteiger partial charge in [-0.05, 0) is 60.7 Å². The lowest BCUT2D eigenvalue weighted by atomic mass is 10.1. The summed E-state index contributed by atoms with van der Waals surface area (Å²) in [7, 11) is 0. The Hall–Kier alpha value is -2.74. The summed E-state index contributed by atoms with van der Waals surface area (Å²) in [5, 5.41) is 4.76. The molecule has 4 heterocycles. The first-order valence-electron chi connectivity index (χ1n) is 9.89. The molecule has 0 unspecified atom stereocenters. The highest BCUT2D eigenvalue weighted by atomic mass is 35.5. The molecular formula is C23H21ClFN3O2S. The van der Waals surface area contributed by atoms with E-state index in [-0.39, 0.29) is 24.6 Å². The fraction of sp³-hybridized carbons (Fsp3) is 0.217. The third-order valence-corrected chi connectivity index (χ3v) is 6.52. The van der Waals surface area contributed by atoms with E-state index in [1.807, 2.05) is 17.4 Å². The number of hydrogen-bond donors (Lipinski definition) is 1. The molecule has 4 aromatic rings. The second-order valence-corrected chi connectivity index (χ2v) is 8.43. The van der Waals surface area contributed by atoms with E-state index in [4.69, 9.17) is 4.74 Å². The molecule has 31 heavy (non-hydrogen) atoms. The molecule has 1 aliphatic rings. The first-order valence-corrected chi connectivity index (χ1v) is 10.7. The molecular weight excluding hydrogens is 437 g/mol. The van der Waals surface area contributed by atoms with Crippen molar-refractivity contribution in [2.24, 2.45) is 0 Å². The van der Waals surface area contributed by atoms with E-state index in [2.05, 4.69) is 22.4 Å². The Balaban J connectivity index is 0.00000231. The highest BCUT2D eigenvalue weighted by molar-refractivity contribution is 7.19. The zero-order chi connectivity index (χ0) is 20.5. The van der Waals surface area contributed by atoms with Gasteiger partial charge in [-0.25, -0.2) is 4.39 Å². The zero-order valence-corrected chi connectivity index (χ0v) is 18.3. The van der Waals surface area contributed by atoms with E-state index in [9.17, 15) is 9.18 Å². The highest BCUT2D eigenvalue weighted by Crippen LogP contribution is 2.34. The van der Waals surface area contributed by atoms with Gasteiger partial charge in [-0.2, -0.15) is 0 Å². The van der Waals surface area contributed by atoms with Crippen LogP contribution < -0.4 is 15.6 Å². The van der Waals surface area contributed by atoms with Gasteiger partial charge in [0.25, 0.3) is 5.56 Å². The Morgan fingerprint density at radius 1 is 1.19 bits per heavy atom. The molecule has 3 aromatic heterocycles. The molecule has 160 valence electrons. The van der Waals surface area contributed by atoms with Gasteiger partial charge in [0.15, 0.2) is 0 Å². The van der Waals surface area contributed by atoms with Crippen molar-refractivity contribution < 1.29 is 9.13 Å². The molecule has 1 N–H and O–H groups in total. The number of hydrogen-bond acceptors (Lipinski definition) is 5. The van der Waals surface area contributed by atoms with Gasteiger partial charge in [0.2, 0.25) is 0 Å². The van der Waals surface area contributed by atoms with Crippen LogP contribution in [0.15, 0.2) is 59.7 Å². The maximum atomic E-state index is 12.9. The second kappa shape index (κ2) is 9.18. The lowest BCUT2D eigenvalue weighted by Gasteiger charge is -2.09. The summed E-state index contributed by atoms with van der Waals surface area (Å²) < 4.78 is 21.4. The van der Waals surface area contributed by atoms with E-state index >= 15 is 0 Å². The van der Waals surface area contributed by atoms with Crippen LogP contribution in [0.4, 0.5) is 4.39 Å². The molecule has 0 atom stereocenters. The fourth-order valence-electron chi connectivity index (χ4n) is 3.74. The monoisotopic (exact) mass is 457 g/mol. The van der Waals surface area contributed by atoms with E-state index in [1.165, 1.54) is 32.7 Å². The summed E-state index contributed by atoms with van der Waals surface area (Å²) in [5.41, 5.74) is 2.66. The van der Waals surface area contributed by atoms with Gasteiger partial charge in [0.1, 0.15) is 18.2 Å². The smallest absolute Gasteiger partial charge is 0.258 e. The normalized spacial score (nSPS) is 13.3. The second-order valence-electron chi connectivity index (χ2n) is 7.29. The van der Waals surface area contributed by atoms with Crippen molar-refractivity contribution in [1.29, 1.82) is 0 Å². The number of halogens is 2. The van der Waals surface area contributed by atoms with Crippen LogP contribution in [0.2, 0.25) is 0 Å². The number of nitrogens with one attached hydrogen (secondary N) is 1. The maximum Gasteiger partial charge on any atom is 0.258 e. The Labute approximate surface area is 188 Å². The number of ether oxygens (including phenoxy) is 1. The molecule has 0 bridgehead atoms. The van der Waals surface area contributed by atoms with Crippen molar-refractivity contribution in [2.45, 2.75) is 26.0 Å². The minimum atomic E-state index is -0.392. The number of rotatable bonds is 4. The van der Waals surface area contributed by atoms with Gasteiger partial charge < -0.3 is 10.1 Å². The molecule has 1 aliphatic heterocycles. The summed E-state index contributed by atoms with van der Waals surface area (Å²) in [6.45, 7) is 2.13. The number of pyridine rings is 2. The first-order chi connectivity index (χ1) is 14.7. The molecule has 0 spiro atoms. The number of nitrogens with zero attached hydrogens (tertiary/aromatic N) is 2. The Bertz CT molecular complexity index is 1270. The number of fused-ring (bicyclic) bond motifs is 3. The first kappa shape index (κ1) is 21.5. The van der Waals surface area contributed by atoms with Gasteiger partial charge in [0, 0.05) is 28.4 Å². The van der Waals surface area contributed by atoms with Crippen molar-refractivity contribution in [3.8, 4) is 11.4 Å². The van der Waals surface area contributed by atoms with Crippen molar-refractivity contribution in [3.63, 3.8) is 0 Å². The van der Waals surface area contributed by atoms with Gasteiger partial charge in [-0.15, -0.1) is 23.7 Å². The van der Waals surface area contributed by atoms with Crippen molar-refractivity contribution in [2.75, 3.05) is 6.54 Å². The van der Waals surface area contributed by atoms with E-state index in [0.29, 0.717) is 11.4 Å². The molecule has 0 amide bonds. The summed E-state index contributed by atoms with van der Waals surface area (Å²) in [5.74, 6) is 0.0640. The van der Waals surface area contributed by atoms with E-state index < -0.39 is 5.82 Å². The molecule has 5 rings (SSSR count). The molecule has 0 aliphatic carbocycles. The van der Waals surface area contributed by atoms with Crippen molar-refractivity contribution in [1.82, 2.24) is 14.9 Å². The van der Waals surface area contributed by atoms with E-state index in [1.54, 1.807) is 22.9 Å². The molecule has 0 saturated heterocycles. The summed E-state index contributed by atoms with van der Waals surface area (Å²) in [4.78, 5) is 18.1. The van der Waals surface area contributed by atoms with E-state index in [0.717, 1.165) is 37.8 Å². The van der Waals surface area contributed by atoms with Crippen LogP contribution in [0, 0.1) is 5.82 Å². The zero-order valence-electron chi connectivity index (χ0n) is 16.6. The van der Waals surface area contributed by atoms with Gasteiger partial charge in [0.05, 0.1) is 17.6 Å². The van der Waals surface area contributed by atoms with Gasteiger partial charge in [-0.3, -0.25) is 14.3 Å². The number of thiophene rings is 1. The largest absolute Gasteiger partial charge is 0.487 e. The van der Waals surface area contributed by atoms with Crippen LogP contribution in [0.1, 0.15) is 22.6 Å². The standard InChI is InChI=1S/C23H20FN3O2S.ClH/c24-15-3-4-16(26-12-15)14-29-18-7-9-27(23(28)11-18)17-5-6-19-20-13-25-8-1-2-21(20)30-22(19)10-17;/h3-7,9-12,25H,1-2,8,13-14H2;1H. The quantitative estimate of drug-likeness (QED) is 0.485. The van der Waals surface area contributed by atoms with Gasteiger partial charge >= 0.3 is 0 Å². The highest BCUT2D eigenvalue weighted by Gasteiger charge is 2.15. The molecule has 5 nitrogen and oxygen atoms in total. The number of benzene rings is 1. The summed E-state index contributed by atoms with van der Waals surface area (Å²) in [6.07, 6.45) is 5.12. The lowest BCUT2D eigenvalue weighted by molar-refractivity contribution is 0.300. The molecule has 0 fully saturated rings. The number of aromatic nitrogens is 2. The average molecular weight is 458 g/mol. The Kier molecular flexibility index (Phi) is 6.36. The maximum absolute atomic E-state index is 12.9. The molecule has 1 aromatic carbocycles. The van der Waals surface area contributed by atoms with Crippen LogP contribution in [-0.4, -0.2) is 16.1 Å². The van der Waals surface area contributed by atoms with Crippen molar-refractivity contribution >= 4 is 33.8 Å². The van der Waals surface area contributed by atoms with Crippen LogP contribution in [0.3, 0.4) is 0 Å². The molecule has 0 radical (unpaired) electrons. The lowest BCUT2D eigenvalue weighted by Crippen LogP contribution is -2.16. The Morgan fingerprint density at radius 3 is 2.90 bits per heavy atom. The predicted octanol–water partition coefficient (Wildman–Crippen LogP) is 4.62. The average Bonchev–Trinajstić information content (AvgIpc) is 2.93. The predicted molar refractivity (Wildman–Crippen MR) is 123 cm³/mol. The summed E-state index contributed by atoms with van der Waals surface area (Å²) >= 11 is 1.82. The van der Waals surface area contributed by atoms with Crippen LogP contribution in [0.25, 0.3) is 15.8 Å². The van der Waals surface area contributed by atoms with Crippen LogP contribution in [0.5, 0.6) is 5.75 Å². The van der Waals surface area contributed by atoms with Crippen molar-refractivity contribution in [3.05, 3.63) is 87.2 Å². The Morgan fingerprint density at radius 2 is 2.10 bits per heavy atom. The number of aryl methyl sites for hydroxylation is 1. The minimum absolute atomic E-state index is 0. The third kappa shape index (κ3) is 4.49. The SMILES string of the molecule is Cl.O=c1cc(OCc2ccc(F)cn2)ccn1-c1ccc2c3c(sc2c1)CCCNC3. The topological polar surface area (TPSA) is 56.1 Å². The van der Waals surface area contributed by atoms with Crippen LogP contribution >= 0.6 is 23.7 Å². The molecule has 0 saturated carbocycles. The third-order valence-electron chi connectivity index (χ3n) is 5.26.